The number of rotatable bonds is 5. The Labute approximate surface area is 202 Å². The molecule has 0 amide bonds. The molecule has 1 saturated heterocycles. The average molecular weight is 524 g/mol. The van der Waals surface area contributed by atoms with Crippen LogP contribution in [0.3, 0.4) is 0 Å². The standard InChI is InChI=1S/C21H20F3N7O2S2/c1-13-12-30(35(32,33)18-11-25-17-5-2-7-27-31(17)18)8-6-15(13)28-20-26-10-14(21(22,23)24)19(29-20)16-4-3-9-34-16/h2-5,7,9-11,13,15H,6,8,12H2,1H3,(H,26,28,29)/t13-,15+/m1/s1. The highest BCUT2D eigenvalue weighted by atomic mass is 32.2. The van der Waals surface area contributed by atoms with Crippen molar-refractivity contribution in [2.45, 2.75) is 30.6 Å². The average Bonchev–Trinajstić information content (AvgIpc) is 3.50. The molecule has 184 valence electrons. The van der Waals surface area contributed by atoms with E-state index in [2.05, 4.69) is 25.4 Å². The smallest absolute Gasteiger partial charge is 0.351 e. The number of nitrogens with zero attached hydrogens (tertiary/aromatic N) is 6. The highest BCUT2D eigenvalue weighted by Gasteiger charge is 2.38. The van der Waals surface area contributed by atoms with E-state index in [1.165, 1.54) is 21.2 Å². The summed E-state index contributed by atoms with van der Waals surface area (Å²) in [6, 6.07) is 6.35. The summed E-state index contributed by atoms with van der Waals surface area (Å²) in [5, 5.41) is 8.86. The van der Waals surface area contributed by atoms with Crippen LogP contribution in [0.25, 0.3) is 16.2 Å². The molecule has 5 rings (SSSR count). The zero-order valence-corrected chi connectivity index (χ0v) is 20.0. The molecule has 4 aromatic rings. The van der Waals surface area contributed by atoms with Gasteiger partial charge in [0.15, 0.2) is 10.7 Å². The van der Waals surface area contributed by atoms with Gasteiger partial charge in [-0.1, -0.05) is 13.0 Å². The highest BCUT2D eigenvalue weighted by molar-refractivity contribution is 7.89. The molecule has 2 atom stereocenters. The normalized spacial score (nSPS) is 19.8. The number of alkyl halides is 3. The molecule has 1 fully saturated rings. The van der Waals surface area contributed by atoms with Crippen LogP contribution in [0.15, 0.2) is 53.3 Å². The molecular weight excluding hydrogens is 503 g/mol. The van der Waals surface area contributed by atoms with Crippen LogP contribution in [-0.4, -0.2) is 56.4 Å². The Bertz CT molecular complexity index is 1460. The van der Waals surface area contributed by atoms with Crippen LogP contribution in [0, 0.1) is 5.92 Å². The number of fused-ring (bicyclic) bond motifs is 1. The highest BCUT2D eigenvalue weighted by Crippen LogP contribution is 2.38. The van der Waals surface area contributed by atoms with Gasteiger partial charge in [-0.2, -0.15) is 22.6 Å². The zero-order chi connectivity index (χ0) is 24.8. The van der Waals surface area contributed by atoms with Gasteiger partial charge in [-0.05, 0) is 35.9 Å². The lowest BCUT2D eigenvalue weighted by Crippen LogP contribution is -2.47. The minimum absolute atomic E-state index is 0.0154. The van der Waals surface area contributed by atoms with E-state index in [0.717, 1.165) is 17.5 Å². The van der Waals surface area contributed by atoms with E-state index in [4.69, 9.17) is 0 Å². The fourth-order valence-corrected chi connectivity index (χ4v) is 6.40. The topological polar surface area (TPSA) is 105 Å². The second-order valence-corrected chi connectivity index (χ2v) is 11.0. The van der Waals surface area contributed by atoms with Crippen LogP contribution >= 0.6 is 11.3 Å². The minimum atomic E-state index is -4.59. The number of hydrogen-bond acceptors (Lipinski definition) is 8. The lowest BCUT2D eigenvalue weighted by Gasteiger charge is -2.36. The number of anilines is 1. The molecule has 4 aromatic heterocycles. The SMILES string of the molecule is C[C@@H]1CN(S(=O)(=O)c2cnc3cccnn23)CC[C@@H]1Nc1ncc(C(F)(F)F)c(-c2cccs2)n1. The Morgan fingerprint density at radius 1 is 1.17 bits per heavy atom. The van der Waals surface area contributed by atoms with E-state index in [0.29, 0.717) is 16.9 Å². The number of imidazole rings is 1. The van der Waals surface area contributed by atoms with Crippen molar-refractivity contribution in [1.82, 2.24) is 28.9 Å². The second-order valence-electron chi connectivity index (χ2n) is 8.20. The molecule has 1 N–H and O–H groups in total. The number of hydrogen-bond donors (Lipinski definition) is 1. The van der Waals surface area contributed by atoms with Crippen LogP contribution in [0.1, 0.15) is 18.9 Å². The first-order valence-corrected chi connectivity index (χ1v) is 13.0. The van der Waals surface area contributed by atoms with Crippen molar-refractivity contribution in [1.29, 1.82) is 0 Å². The number of sulfonamides is 1. The molecule has 0 aromatic carbocycles. The molecular formula is C21H20F3N7O2S2. The molecule has 0 saturated carbocycles. The van der Waals surface area contributed by atoms with Crippen molar-refractivity contribution in [3.63, 3.8) is 0 Å². The van der Waals surface area contributed by atoms with Gasteiger partial charge in [0.05, 0.1) is 16.8 Å². The van der Waals surface area contributed by atoms with Crippen molar-refractivity contribution >= 4 is 33.0 Å². The summed E-state index contributed by atoms with van der Waals surface area (Å²) in [5.41, 5.74) is -0.657. The number of piperidine rings is 1. The fourth-order valence-electron chi connectivity index (χ4n) is 4.08. The van der Waals surface area contributed by atoms with E-state index in [-0.39, 0.29) is 41.7 Å². The summed E-state index contributed by atoms with van der Waals surface area (Å²) in [4.78, 5) is 12.6. The molecule has 1 aliphatic heterocycles. The molecule has 35 heavy (non-hydrogen) atoms. The molecule has 1 aliphatic rings. The number of aromatic nitrogens is 5. The molecule has 0 bridgehead atoms. The largest absolute Gasteiger partial charge is 0.420 e. The minimum Gasteiger partial charge on any atom is -0.351 e. The first-order valence-electron chi connectivity index (χ1n) is 10.7. The Morgan fingerprint density at radius 3 is 2.71 bits per heavy atom. The van der Waals surface area contributed by atoms with Crippen molar-refractivity contribution in [3.05, 3.63) is 53.8 Å². The van der Waals surface area contributed by atoms with Crippen LogP contribution in [0.4, 0.5) is 19.1 Å². The number of nitrogens with one attached hydrogen (secondary N) is 1. The first kappa shape index (κ1) is 23.6. The molecule has 9 nitrogen and oxygen atoms in total. The third-order valence-corrected chi connectivity index (χ3v) is 8.58. The summed E-state index contributed by atoms with van der Waals surface area (Å²) >= 11 is 1.16. The van der Waals surface area contributed by atoms with Crippen LogP contribution in [0.5, 0.6) is 0 Å². The third-order valence-electron chi connectivity index (χ3n) is 5.88. The van der Waals surface area contributed by atoms with Crippen LogP contribution < -0.4 is 5.32 Å². The van der Waals surface area contributed by atoms with Crippen LogP contribution in [0.2, 0.25) is 0 Å². The maximum atomic E-state index is 13.5. The van der Waals surface area contributed by atoms with Crippen molar-refractivity contribution in [3.8, 4) is 10.6 Å². The maximum Gasteiger partial charge on any atom is 0.420 e. The van der Waals surface area contributed by atoms with E-state index in [1.54, 1.807) is 29.6 Å². The monoisotopic (exact) mass is 523 g/mol. The van der Waals surface area contributed by atoms with Gasteiger partial charge in [0.25, 0.3) is 10.0 Å². The predicted molar refractivity (Wildman–Crippen MR) is 123 cm³/mol. The third kappa shape index (κ3) is 4.48. The predicted octanol–water partition coefficient (Wildman–Crippen LogP) is 3.78. The zero-order valence-electron chi connectivity index (χ0n) is 18.3. The Hall–Kier alpha value is -3.10. The summed E-state index contributed by atoms with van der Waals surface area (Å²) in [6.45, 7) is 2.29. The van der Waals surface area contributed by atoms with Gasteiger partial charge in [-0.3, -0.25) is 0 Å². The van der Waals surface area contributed by atoms with Gasteiger partial charge >= 0.3 is 6.18 Å². The molecule has 5 heterocycles. The van der Waals surface area contributed by atoms with Crippen LogP contribution in [-0.2, 0) is 16.2 Å². The Morgan fingerprint density at radius 2 is 2.00 bits per heavy atom. The number of halogens is 3. The molecule has 14 heteroatoms. The summed E-state index contributed by atoms with van der Waals surface area (Å²) in [7, 11) is -3.84. The fraction of sp³-hybridized carbons (Fsp3) is 0.333. The van der Waals surface area contributed by atoms with Gasteiger partial charge in [0.1, 0.15) is 5.56 Å². The summed E-state index contributed by atoms with van der Waals surface area (Å²) in [6.07, 6.45) is -0.608. The Kier molecular flexibility index (Phi) is 5.97. The van der Waals surface area contributed by atoms with Gasteiger partial charge in [-0.15, -0.1) is 11.3 Å². The lowest BCUT2D eigenvalue weighted by molar-refractivity contribution is -0.137. The van der Waals surface area contributed by atoms with Gasteiger partial charge < -0.3 is 5.32 Å². The van der Waals surface area contributed by atoms with E-state index >= 15 is 0 Å². The van der Waals surface area contributed by atoms with E-state index < -0.39 is 21.8 Å². The molecule has 0 unspecified atom stereocenters. The second kappa shape index (κ2) is 8.84. The molecule has 0 radical (unpaired) electrons. The first-order chi connectivity index (χ1) is 16.6. The summed E-state index contributed by atoms with van der Waals surface area (Å²) < 4.78 is 69.6. The Balaban J connectivity index is 1.35. The molecule has 0 spiro atoms. The maximum absolute atomic E-state index is 13.5. The van der Waals surface area contributed by atoms with E-state index in [1.807, 2.05) is 6.92 Å². The van der Waals surface area contributed by atoms with E-state index in [9.17, 15) is 21.6 Å². The summed E-state index contributed by atoms with van der Waals surface area (Å²) in [5.74, 6) is -0.0951. The van der Waals surface area contributed by atoms with Gasteiger partial charge in [0, 0.05) is 31.5 Å². The van der Waals surface area contributed by atoms with Crippen molar-refractivity contribution in [2.24, 2.45) is 5.92 Å². The van der Waals surface area contributed by atoms with Crippen molar-refractivity contribution in [2.75, 3.05) is 18.4 Å². The molecule has 0 aliphatic carbocycles. The van der Waals surface area contributed by atoms with Gasteiger partial charge in [-0.25, -0.2) is 27.9 Å². The quantitative estimate of drug-likeness (QED) is 0.425. The van der Waals surface area contributed by atoms with Crippen molar-refractivity contribution < 1.29 is 21.6 Å². The lowest BCUT2D eigenvalue weighted by atomic mass is 9.95. The number of thiophene rings is 1. The van der Waals surface area contributed by atoms with Gasteiger partial charge in [0.2, 0.25) is 5.95 Å².